The van der Waals surface area contributed by atoms with Gasteiger partial charge in [0.2, 0.25) is 0 Å². The fourth-order valence-corrected chi connectivity index (χ4v) is 19.4. The monoisotopic (exact) mass is 512 g/mol. The van der Waals surface area contributed by atoms with E-state index >= 15 is 0 Å². The summed E-state index contributed by atoms with van der Waals surface area (Å²) in [7, 11) is 18.1. The van der Waals surface area contributed by atoms with Gasteiger partial charge in [-0.05, 0) is 0 Å². The first kappa shape index (κ1) is 22.5. The van der Waals surface area contributed by atoms with Gasteiger partial charge in [-0.15, -0.1) is 0 Å². The van der Waals surface area contributed by atoms with E-state index in [9.17, 15) is 0 Å². The van der Waals surface area contributed by atoms with E-state index in [2.05, 4.69) is 86.1 Å². The first-order chi connectivity index (χ1) is 14.2. The maximum atomic E-state index is 7.73. The molecule has 30 heavy (non-hydrogen) atoms. The Hall–Kier alpha value is -0.716. The summed E-state index contributed by atoms with van der Waals surface area (Å²) in [4.78, 5) is 0. The Balaban J connectivity index is 2.06. The average Bonchev–Trinajstić information content (AvgIpc) is 3.18. The molecule has 5 heteroatoms. The molecular formula is C25H25Cl3PV. The molecule has 156 valence electrons. The summed E-state index contributed by atoms with van der Waals surface area (Å²) in [6, 6.07) is 29.2. The van der Waals surface area contributed by atoms with Crippen molar-refractivity contribution < 1.29 is 10.0 Å². The van der Waals surface area contributed by atoms with Crippen LogP contribution in [0.5, 0.6) is 0 Å². The molecule has 3 aromatic rings. The first-order valence-corrected chi connectivity index (χ1v) is 19.6. The molecule has 1 unspecified atom stereocenters. The summed E-state index contributed by atoms with van der Waals surface area (Å²) in [5, 5.41) is 0. The minimum absolute atomic E-state index is 0.194. The molecular weight excluding hydrogens is 489 g/mol. The van der Waals surface area contributed by atoms with Gasteiger partial charge in [0.15, 0.2) is 0 Å². The molecule has 0 saturated carbocycles. The van der Waals surface area contributed by atoms with E-state index < -0.39 is 14.1 Å². The molecule has 4 rings (SSSR count). The second-order valence-electron chi connectivity index (χ2n) is 8.13. The van der Waals surface area contributed by atoms with Gasteiger partial charge in [0.05, 0.1) is 0 Å². The zero-order valence-electron chi connectivity index (χ0n) is 17.1. The van der Waals surface area contributed by atoms with Crippen molar-refractivity contribution in [1.82, 2.24) is 0 Å². The Morgan fingerprint density at radius 3 is 1.80 bits per heavy atom. The molecule has 0 spiro atoms. The predicted octanol–water partition coefficient (Wildman–Crippen LogP) is 8.59. The second-order valence-corrected chi connectivity index (χ2v) is 26.2. The molecule has 0 aromatic heterocycles. The van der Waals surface area contributed by atoms with Crippen LogP contribution in [-0.4, -0.2) is 19.5 Å². The number of rotatable bonds is 6. The molecule has 0 heterocycles. The average molecular weight is 514 g/mol. The van der Waals surface area contributed by atoms with Crippen molar-refractivity contribution in [3.63, 3.8) is 0 Å². The van der Waals surface area contributed by atoms with Crippen LogP contribution in [0.3, 0.4) is 0 Å². The summed E-state index contributed by atoms with van der Waals surface area (Å²) in [6.45, 7) is 4.55. The molecule has 1 aliphatic rings. The number of hydrogen-bond donors (Lipinski definition) is 0. The SMILES string of the molecule is CP(C)C[C](c1ccccc1)(c1ccccc1)[V]([Cl])([Cl])([Cl])[CH]1C=Cc2ccccc21. The van der Waals surface area contributed by atoms with Gasteiger partial charge in [0.25, 0.3) is 0 Å². The number of allylic oxidation sites excluding steroid dienone is 1. The quantitative estimate of drug-likeness (QED) is 0.290. The maximum absolute atomic E-state index is 7.73. The van der Waals surface area contributed by atoms with Gasteiger partial charge >= 0.3 is 195 Å². The predicted molar refractivity (Wildman–Crippen MR) is 133 cm³/mol. The van der Waals surface area contributed by atoms with Crippen molar-refractivity contribution in [2.24, 2.45) is 0 Å². The summed E-state index contributed by atoms with van der Waals surface area (Å²) >= 11 is 0. The topological polar surface area (TPSA) is 0 Å². The van der Waals surface area contributed by atoms with Gasteiger partial charge in [-0.2, -0.15) is 0 Å². The molecule has 0 saturated heterocycles. The zero-order valence-corrected chi connectivity index (χ0v) is 21.6. The molecule has 0 amide bonds. The van der Waals surface area contributed by atoms with Crippen LogP contribution in [0.15, 0.2) is 91.0 Å². The van der Waals surface area contributed by atoms with E-state index in [0.717, 1.165) is 28.4 Å². The second kappa shape index (κ2) is 8.33. The zero-order chi connectivity index (χ0) is 21.4. The summed E-state index contributed by atoms with van der Waals surface area (Å²) in [5.41, 5.74) is 4.51. The number of benzene rings is 3. The van der Waals surface area contributed by atoms with Gasteiger partial charge in [-0.25, -0.2) is 0 Å². The van der Waals surface area contributed by atoms with Crippen LogP contribution in [0, 0.1) is 0 Å². The van der Waals surface area contributed by atoms with Crippen LogP contribution < -0.4 is 0 Å². The number of hydrogen-bond acceptors (Lipinski definition) is 0. The standard InChI is InChI=1S/C16H18P.C9H7.3ClH.V/c1-17(2)13-16(14-9-5-3-6-10-14)15-11-7-4-8-12-15;1-2-5-9-7-3-6-8(9)4-1;;;;/h3-12H,13H2,1-2H3;1-7H;3*1H;/q;;;;;+3/p-3. The molecule has 0 nitrogen and oxygen atoms in total. The van der Waals surface area contributed by atoms with E-state index in [1.165, 1.54) is 0 Å². The van der Waals surface area contributed by atoms with Crippen LogP contribution in [0.25, 0.3) is 6.08 Å². The third-order valence-electron chi connectivity index (χ3n) is 5.93. The van der Waals surface area contributed by atoms with Gasteiger partial charge in [0.1, 0.15) is 0 Å². The van der Waals surface area contributed by atoms with Gasteiger partial charge in [-0.3, -0.25) is 0 Å². The fraction of sp³-hybridized carbons (Fsp3) is 0.200. The molecule has 3 aromatic carbocycles. The summed E-state index contributed by atoms with van der Waals surface area (Å²) < 4.78 is -0.840. The Morgan fingerprint density at radius 1 is 0.767 bits per heavy atom. The van der Waals surface area contributed by atoms with Crippen LogP contribution in [0.1, 0.15) is 26.9 Å². The molecule has 0 bridgehead atoms. The van der Waals surface area contributed by atoms with Crippen molar-refractivity contribution >= 4 is 43.5 Å². The van der Waals surface area contributed by atoms with Crippen molar-refractivity contribution in [2.75, 3.05) is 19.5 Å². The normalized spacial score (nSPS) is 17.5. The Bertz CT molecular complexity index is 1020. The first-order valence-electron chi connectivity index (χ1n) is 9.95. The van der Waals surface area contributed by atoms with Crippen molar-refractivity contribution in [1.29, 1.82) is 0 Å². The fourth-order valence-electron chi connectivity index (χ4n) is 4.63. The number of fused-ring (bicyclic) bond motifs is 1. The summed E-state index contributed by atoms with van der Waals surface area (Å²) in [5.74, 6) is 0. The van der Waals surface area contributed by atoms with Gasteiger partial charge < -0.3 is 0 Å². The van der Waals surface area contributed by atoms with E-state index in [1.807, 2.05) is 24.3 Å². The summed E-state index contributed by atoms with van der Waals surface area (Å²) in [6.07, 6.45) is 5.09. The molecule has 1 atom stereocenters. The third kappa shape index (κ3) is 3.61. The van der Waals surface area contributed by atoms with E-state index in [1.54, 1.807) is 0 Å². The Labute approximate surface area is 194 Å². The van der Waals surface area contributed by atoms with Gasteiger partial charge in [-0.1, -0.05) is 0 Å². The van der Waals surface area contributed by atoms with Crippen LogP contribution in [0.2, 0.25) is 0 Å². The van der Waals surface area contributed by atoms with Crippen molar-refractivity contribution in [2.45, 2.75) is 8.76 Å². The van der Waals surface area contributed by atoms with Crippen LogP contribution in [-0.2, 0) is 14.1 Å². The molecule has 0 N–H and O–H groups in total. The van der Waals surface area contributed by atoms with E-state index in [0.29, 0.717) is 0 Å². The molecule has 0 radical (unpaired) electrons. The molecule has 0 aliphatic heterocycles. The van der Waals surface area contributed by atoms with Crippen molar-refractivity contribution in [3.05, 3.63) is 113 Å². The van der Waals surface area contributed by atoms with E-state index in [-0.39, 0.29) is 12.6 Å². The van der Waals surface area contributed by atoms with Crippen molar-refractivity contribution in [3.8, 4) is 0 Å². The third-order valence-corrected chi connectivity index (χ3v) is 18.8. The van der Waals surface area contributed by atoms with Gasteiger partial charge in [0, 0.05) is 0 Å². The molecule has 0 fully saturated rings. The Morgan fingerprint density at radius 2 is 1.27 bits per heavy atom. The van der Waals surface area contributed by atoms with Crippen LogP contribution in [0.4, 0.5) is 0 Å². The Kier molecular flexibility index (Phi) is 6.24. The minimum atomic E-state index is -4.73. The molecule has 1 aliphatic carbocycles. The van der Waals surface area contributed by atoms with E-state index in [4.69, 9.17) is 29.5 Å². The van der Waals surface area contributed by atoms with Crippen LogP contribution >= 0.6 is 37.5 Å². The number of halogens is 3.